The van der Waals surface area contributed by atoms with Gasteiger partial charge in [-0.25, -0.2) is 0 Å². The average Bonchev–Trinajstić information content (AvgIpc) is 2.44. The van der Waals surface area contributed by atoms with Crippen LogP contribution in [0.25, 0.3) is 0 Å². The van der Waals surface area contributed by atoms with Crippen LogP contribution >= 0.6 is 0 Å². The summed E-state index contributed by atoms with van der Waals surface area (Å²) in [5.74, 6) is 1.02. The molecule has 1 N–H and O–H groups in total. The Morgan fingerprint density at radius 2 is 1.95 bits per heavy atom. The van der Waals surface area contributed by atoms with Crippen molar-refractivity contribution in [2.75, 3.05) is 27.4 Å². The molecule has 1 unspecified atom stereocenters. The molecule has 1 rings (SSSR count). The third-order valence-corrected chi connectivity index (χ3v) is 2.57. The monoisotopic (exact) mass is 267 g/mol. The number of para-hydroxylation sites is 2. The molecule has 1 aromatic rings. The molecule has 1 amide bonds. The molecule has 0 aromatic heterocycles. The number of ether oxygens (including phenoxy) is 3. The van der Waals surface area contributed by atoms with Gasteiger partial charge in [0, 0.05) is 20.3 Å². The molecule has 0 spiro atoms. The van der Waals surface area contributed by atoms with Gasteiger partial charge in [-0.2, -0.15) is 0 Å². The number of methoxy groups -OCH3 is 2. The van der Waals surface area contributed by atoms with Crippen LogP contribution in [0, 0.1) is 0 Å². The van der Waals surface area contributed by atoms with Gasteiger partial charge in [0.05, 0.1) is 7.11 Å². The van der Waals surface area contributed by atoms with E-state index in [1.807, 2.05) is 12.1 Å². The number of rotatable bonds is 8. The van der Waals surface area contributed by atoms with Gasteiger partial charge in [0.25, 0.3) is 5.91 Å². The molecule has 0 saturated carbocycles. The second kappa shape index (κ2) is 8.37. The number of hydrogen-bond donors (Lipinski definition) is 1. The average molecular weight is 267 g/mol. The minimum Gasteiger partial charge on any atom is -0.493 e. The Labute approximate surface area is 113 Å². The van der Waals surface area contributed by atoms with E-state index in [9.17, 15) is 4.79 Å². The molecule has 1 atom stereocenters. The van der Waals surface area contributed by atoms with E-state index in [4.69, 9.17) is 14.2 Å². The lowest BCUT2D eigenvalue weighted by Crippen LogP contribution is -2.37. The Morgan fingerprint density at radius 3 is 2.58 bits per heavy atom. The van der Waals surface area contributed by atoms with E-state index in [0.29, 0.717) is 24.7 Å². The van der Waals surface area contributed by atoms with Crippen LogP contribution in [0.3, 0.4) is 0 Å². The van der Waals surface area contributed by atoms with Crippen molar-refractivity contribution in [1.29, 1.82) is 0 Å². The lowest BCUT2D eigenvalue weighted by atomic mass is 10.3. The lowest BCUT2D eigenvalue weighted by Gasteiger charge is -2.16. The largest absolute Gasteiger partial charge is 0.493 e. The zero-order valence-corrected chi connectivity index (χ0v) is 11.6. The molecule has 106 valence electrons. The maximum absolute atomic E-state index is 11.8. The maximum Gasteiger partial charge on any atom is 0.260 e. The van der Waals surface area contributed by atoms with Crippen LogP contribution in [0.15, 0.2) is 24.3 Å². The molecule has 19 heavy (non-hydrogen) atoms. The number of amides is 1. The third kappa shape index (κ3) is 5.18. The SMILES string of the molecule is COCCCNC(=O)C(C)Oc1ccccc1OC. The van der Waals surface area contributed by atoms with Gasteiger partial charge >= 0.3 is 0 Å². The predicted octanol–water partition coefficient (Wildman–Crippen LogP) is 1.62. The van der Waals surface area contributed by atoms with Gasteiger partial charge in [0.1, 0.15) is 0 Å². The standard InChI is InChI=1S/C14H21NO4/c1-11(14(16)15-9-6-10-17-2)19-13-8-5-4-7-12(13)18-3/h4-5,7-8,11H,6,9-10H2,1-3H3,(H,15,16). The quantitative estimate of drug-likeness (QED) is 0.727. The van der Waals surface area contributed by atoms with Crippen molar-refractivity contribution in [3.8, 4) is 11.5 Å². The van der Waals surface area contributed by atoms with Gasteiger partial charge in [-0.05, 0) is 25.5 Å². The Morgan fingerprint density at radius 1 is 1.26 bits per heavy atom. The van der Waals surface area contributed by atoms with E-state index in [0.717, 1.165) is 6.42 Å². The van der Waals surface area contributed by atoms with Crippen molar-refractivity contribution in [2.45, 2.75) is 19.4 Å². The number of hydrogen-bond acceptors (Lipinski definition) is 4. The fourth-order valence-corrected chi connectivity index (χ4v) is 1.53. The van der Waals surface area contributed by atoms with Gasteiger partial charge in [0.15, 0.2) is 17.6 Å². The van der Waals surface area contributed by atoms with E-state index in [2.05, 4.69) is 5.32 Å². The molecule has 0 fully saturated rings. The van der Waals surface area contributed by atoms with Crippen molar-refractivity contribution in [3.63, 3.8) is 0 Å². The van der Waals surface area contributed by atoms with Gasteiger partial charge in [0.2, 0.25) is 0 Å². The first kappa shape index (κ1) is 15.3. The summed E-state index contributed by atoms with van der Waals surface area (Å²) in [6, 6.07) is 7.24. The minimum absolute atomic E-state index is 0.151. The molecule has 0 aliphatic rings. The van der Waals surface area contributed by atoms with E-state index in [-0.39, 0.29) is 5.91 Å². The first-order valence-electron chi connectivity index (χ1n) is 6.25. The van der Waals surface area contributed by atoms with E-state index in [1.54, 1.807) is 33.3 Å². The second-order valence-corrected chi connectivity index (χ2v) is 4.05. The molecule has 0 aliphatic carbocycles. The summed E-state index contributed by atoms with van der Waals surface area (Å²) in [7, 11) is 3.20. The highest BCUT2D eigenvalue weighted by atomic mass is 16.5. The molecule has 5 nitrogen and oxygen atoms in total. The Bertz CT molecular complexity index is 395. The van der Waals surface area contributed by atoms with Gasteiger partial charge in [-0.15, -0.1) is 0 Å². The summed E-state index contributed by atoms with van der Waals surface area (Å²) in [6.45, 7) is 2.91. The molecule has 1 aromatic carbocycles. The zero-order valence-electron chi connectivity index (χ0n) is 11.6. The van der Waals surface area contributed by atoms with E-state index < -0.39 is 6.10 Å². The number of carbonyl (C=O) groups excluding carboxylic acids is 1. The van der Waals surface area contributed by atoms with Crippen LogP contribution in [0.4, 0.5) is 0 Å². The third-order valence-electron chi connectivity index (χ3n) is 2.57. The van der Waals surface area contributed by atoms with Crippen molar-refractivity contribution in [2.24, 2.45) is 0 Å². The van der Waals surface area contributed by atoms with Crippen LogP contribution in [0.5, 0.6) is 11.5 Å². The Balaban J connectivity index is 2.45. The number of carbonyl (C=O) groups is 1. The van der Waals surface area contributed by atoms with Crippen LogP contribution in [0.2, 0.25) is 0 Å². The molecule has 0 saturated heterocycles. The van der Waals surface area contributed by atoms with Gasteiger partial charge in [-0.1, -0.05) is 12.1 Å². The highest BCUT2D eigenvalue weighted by Crippen LogP contribution is 2.26. The Kier molecular flexibility index (Phi) is 6.74. The van der Waals surface area contributed by atoms with Crippen LogP contribution in [0.1, 0.15) is 13.3 Å². The summed E-state index contributed by atoms with van der Waals surface area (Å²) in [4.78, 5) is 11.8. The topological polar surface area (TPSA) is 56.8 Å². The number of nitrogens with one attached hydrogen (secondary N) is 1. The Hall–Kier alpha value is -1.75. The molecule has 0 bridgehead atoms. The molecule has 0 aliphatic heterocycles. The normalized spacial score (nSPS) is 11.7. The summed E-state index contributed by atoms with van der Waals surface area (Å²) in [5.41, 5.74) is 0. The van der Waals surface area contributed by atoms with Gasteiger partial charge < -0.3 is 19.5 Å². The maximum atomic E-state index is 11.8. The highest BCUT2D eigenvalue weighted by molar-refractivity contribution is 5.80. The molecule has 0 heterocycles. The summed E-state index contributed by atoms with van der Waals surface area (Å²) < 4.78 is 15.7. The smallest absolute Gasteiger partial charge is 0.260 e. The number of benzene rings is 1. The van der Waals surface area contributed by atoms with Crippen LogP contribution in [-0.4, -0.2) is 39.4 Å². The lowest BCUT2D eigenvalue weighted by molar-refractivity contribution is -0.127. The summed E-state index contributed by atoms with van der Waals surface area (Å²) in [5, 5.41) is 2.79. The first-order chi connectivity index (χ1) is 9.19. The fourth-order valence-electron chi connectivity index (χ4n) is 1.53. The molecular formula is C14H21NO4. The summed E-state index contributed by atoms with van der Waals surface area (Å²) in [6.07, 6.45) is 0.211. The second-order valence-electron chi connectivity index (χ2n) is 4.05. The molecule has 5 heteroatoms. The van der Waals surface area contributed by atoms with Crippen molar-refractivity contribution < 1.29 is 19.0 Å². The van der Waals surface area contributed by atoms with Gasteiger partial charge in [-0.3, -0.25) is 4.79 Å². The van der Waals surface area contributed by atoms with E-state index in [1.165, 1.54) is 0 Å². The fraction of sp³-hybridized carbons (Fsp3) is 0.500. The predicted molar refractivity (Wildman–Crippen MR) is 72.6 cm³/mol. The molecule has 0 radical (unpaired) electrons. The van der Waals surface area contributed by atoms with Crippen LogP contribution in [-0.2, 0) is 9.53 Å². The first-order valence-corrected chi connectivity index (χ1v) is 6.25. The minimum atomic E-state index is -0.571. The van der Waals surface area contributed by atoms with Crippen molar-refractivity contribution >= 4 is 5.91 Å². The highest BCUT2D eigenvalue weighted by Gasteiger charge is 2.15. The van der Waals surface area contributed by atoms with E-state index >= 15 is 0 Å². The summed E-state index contributed by atoms with van der Waals surface area (Å²) >= 11 is 0. The van der Waals surface area contributed by atoms with Crippen LogP contribution < -0.4 is 14.8 Å². The zero-order chi connectivity index (χ0) is 14.1. The molecular weight excluding hydrogens is 246 g/mol. The van der Waals surface area contributed by atoms with Crippen molar-refractivity contribution in [1.82, 2.24) is 5.32 Å². The van der Waals surface area contributed by atoms with Crippen molar-refractivity contribution in [3.05, 3.63) is 24.3 Å².